The smallest absolute Gasteiger partial charge is 0.176 e. The average Bonchev–Trinajstić information content (AvgIpc) is 3.18. The van der Waals surface area contributed by atoms with Gasteiger partial charge in [0.15, 0.2) is 6.10 Å². The van der Waals surface area contributed by atoms with Crippen molar-refractivity contribution >= 4 is 28.3 Å². The molecule has 10 nitrogen and oxygen atoms in total. The van der Waals surface area contributed by atoms with Gasteiger partial charge in [-0.3, -0.25) is 15.8 Å². The molecule has 4 rings (SSSR count). The van der Waals surface area contributed by atoms with Crippen LogP contribution in [-0.4, -0.2) is 45.0 Å². The Balaban J connectivity index is 1.53. The van der Waals surface area contributed by atoms with Crippen molar-refractivity contribution in [2.45, 2.75) is 19.4 Å². The molecule has 4 heterocycles. The van der Waals surface area contributed by atoms with Crippen LogP contribution in [0.3, 0.4) is 0 Å². The predicted octanol–water partition coefficient (Wildman–Crippen LogP) is 2.09. The van der Waals surface area contributed by atoms with Crippen molar-refractivity contribution in [2.24, 2.45) is 5.16 Å². The molecule has 1 aliphatic rings. The summed E-state index contributed by atoms with van der Waals surface area (Å²) >= 11 is 0. The summed E-state index contributed by atoms with van der Waals surface area (Å²) in [6.07, 6.45) is 3.64. The largest absolute Gasteiger partial charge is 0.495 e. The predicted molar refractivity (Wildman–Crippen MR) is 107 cm³/mol. The normalized spacial score (nSPS) is 15.7. The molecule has 0 bridgehead atoms. The zero-order chi connectivity index (χ0) is 20.4. The van der Waals surface area contributed by atoms with Crippen LogP contribution in [0.2, 0.25) is 0 Å². The lowest BCUT2D eigenvalue weighted by Gasteiger charge is -2.14. The Morgan fingerprint density at radius 2 is 2.21 bits per heavy atom. The molecule has 0 amide bonds. The first-order valence-electron chi connectivity index (χ1n) is 8.99. The number of pyridine rings is 2. The number of methoxy groups -OCH3 is 1. The standard InChI is InChI=1S/C19H20N8O2/c1-11-7-16(29-26-11)13-3-4-17(20)27(25-13)18(21)10-23-14-5-6-22-15-8-12(28-2)9-24-19(14)15/h3-6,8-9,16,20-21H,7,10H2,1-2H3,(H,22,23). The highest BCUT2D eigenvalue weighted by molar-refractivity contribution is 5.91. The molecule has 0 spiro atoms. The van der Waals surface area contributed by atoms with Crippen LogP contribution in [0.1, 0.15) is 25.1 Å². The molecule has 1 atom stereocenters. The maximum Gasteiger partial charge on any atom is 0.176 e. The van der Waals surface area contributed by atoms with Crippen LogP contribution < -0.4 is 15.5 Å². The molecule has 0 saturated carbocycles. The Kier molecular flexibility index (Phi) is 4.90. The van der Waals surface area contributed by atoms with Crippen molar-refractivity contribution in [3.05, 3.63) is 47.8 Å². The molecule has 3 N–H and O–H groups in total. The topological polar surface area (TPSA) is 134 Å². The summed E-state index contributed by atoms with van der Waals surface area (Å²) in [4.78, 5) is 14.0. The minimum absolute atomic E-state index is 0.110. The molecule has 0 aliphatic carbocycles. The molecule has 3 aromatic heterocycles. The number of anilines is 1. The number of oxime groups is 1. The third-order valence-corrected chi connectivity index (χ3v) is 4.49. The third kappa shape index (κ3) is 3.77. The van der Waals surface area contributed by atoms with E-state index in [1.54, 1.807) is 43.8 Å². The quantitative estimate of drug-likeness (QED) is 0.450. The van der Waals surface area contributed by atoms with E-state index in [-0.39, 0.29) is 24.0 Å². The lowest BCUT2D eigenvalue weighted by atomic mass is 10.1. The lowest BCUT2D eigenvalue weighted by Crippen LogP contribution is -2.34. The van der Waals surface area contributed by atoms with Crippen LogP contribution in [0, 0.1) is 10.8 Å². The van der Waals surface area contributed by atoms with Gasteiger partial charge in [-0.25, -0.2) is 9.67 Å². The van der Waals surface area contributed by atoms with Crippen LogP contribution in [0.25, 0.3) is 11.0 Å². The third-order valence-electron chi connectivity index (χ3n) is 4.49. The van der Waals surface area contributed by atoms with Crippen LogP contribution in [-0.2, 0) is 4.84 Å². The maximum atomic E-state index is 8.39. The molecular formula is C19H20N8O2. The maximum absolute atomic E-state index is 8.39. The molecule has 0 fully saturated rings. The van der Waals surface area contributed by atoms with Crippen molar-refractivity contribution in [1.29, 1.82) is 10.8 Å². The molecule has 148 valence electrons. The van der Waals surface area contributed by atoms with E-state index in [1.807, 2.05) is 6.92 Å². The highest BCUT2D eigenvalue weighted by atomic mass is 16.6. The summed E-state index contributed by atoms with van der Waals surface area (Å²) in [5, 5.41) is 28.0. The second-order valence-electron chi connectivity index (χ2n) is 6.58. The van der Waals surface area contributed by atoms with Gasteiger partial charge in [0.05, 0.1) is 36.8 Å². The number of hydrogen-bond acceptors (Lipinski definition) is 9. The van der Waals surface area contributed by atoms with Gasteiger partial charge in [-0.2, -0.15) is 5.10 Å². The van der Waals surface area contributed by atoms with E-state index in [4.69, 9.17) is 20.4 Å². The van der Waals surface area contributed by atoms with Crippen LogP contribution in [0.15, 0.2) is 41.8 Å². The Bertz CT molecular complexity index is 1170. The van der Waals surface area contributed by atoms with Crippen LogP contribution >= 0.6 is 0 Å². The van der Waals surface area contributed by atoms with Gasteiger partial charge in [0.2, 0.25) is 0 Å². The summed E-state index contributed by atoms with van der Waals surface area (Å²) in [5.74, 6) is 0.740. The molecule has 29 heavy (non-hydrogen) atoms. The van der Waals surface area contributed by atoms with Crippen LogP contribution in [0.5, 0.6) is 5.75 Å². The van der Waals surface area contributed by atoms with Gasteiger partial charge in [-0.15, -0.1) is 0 Å². The summed E-state index contributed by atoms with van der Waals surface area (Å²) in [6.45, 7) is 2.04. The number of nitrogens with one attached hydrogen (secondary N) is 3. The summed E-state index contributed by atoms with van der Waals surface area (Å²) in [5.41, 5.74) is 3.72. The van der Waals surface area contributed by atoms with Crippen molar-refractivity contribution in [3.8, 4) is 5.75 Å². The zero-order valence-corrected chi connectivity index (χ0v) is 16.0. The molecular weight excluding hydrogens is 372 g/mol. The van der Waals surface area contributed by atoms with E-state index in [9.17, 15) is 0 Å². The first kappa shape index (κ1) is 18.5. The SMILES string of the molecule is COc1cnc2c(NCC(=N)n3nc(C4CC(C)=NO4)ccc3=N)ccnc2c1. The second kappa shape index (κ2) is 7.66. The monoisotopic (exact) mass is 392 g/mol. The molecule has 0 radical (unpaired) electrons. The van der Waals surface area contributed by atoms with E-state index >= 15 is 0 Å². The van der Waals surface area contributed by atoms with Crippen LogP contribution in [0.4, 0.5) is 5.69 Å². The molecule has 1 aliphatic heterocycles. The number of ether oxygens (including phenoxy) is 1. The van der Waals surface area contributed by atoms with Gasteiger partial charge >= 0.3 is 0 Å². The van der Waals surface area contributed by atoms with E-state index in [0.717, 1.165) is 11.4 Å². The minimum atomic E-state index is -0.286. The van der Waals surface area contributed by atoms with Gasteiger partial charge in [0.25, 0.3) is 0 Å². The van der Waals surface area contributed by atoms with Crippen molar-refractivity contribution < 1.29 is 9.57 Å². The van der Waals surface area contributed by atoms with E-state index in [2.05, 4.69) is 25.5 Å². The molecule has 3 aromatic rings. The number of rotatable bonds is 5. The fourth-order valence-corrected chi connectivity index (χ4v) is 2.99. The summed E-state index contributed by atoms with van der Waals surface area (Å²) in [7, 11) is 1.58. The van der Waals surface area contributed by atoms with E-state index in [0.29, 0.717) is 28.9 Å². The highest BCUT2D eigenvalue weighted by Gasteiger charge is 2.22. The molecule has 1 unspecified atom stereocenters. The molecule has 0 aromatic carbocycles. The first-order valence-corrected chi connectivity index (χ1v) is 8.99. The summed E-state index contributed by atoms with van der Waals surface area (Å²) in [6, 6.07) is 6.92. The summed E-state index contributed by atoms with van der Waals surface area (Å²) < 4.78 is 6.46. The van der Waals surface area contributed by atoms with Gasteiger partial charge in [0, 0.05) is 18.7 Å². The number of aromatic nitrogens is 4. The van der Waals surface area contributed by atoms with Gasteiger partial charge < -0.3 is 14.9 Å². The number of fused-ring (bicyclic) bond motifs is 1. The first-order chi connectivity index (χ1) is 14.0. The van der Waals surface area contributed by atoms with E-state index in [1.165, 1.54) is 4.68 Å². The molecule has 0 saturated heterocycles. The zero-order valence-electron chi connectivity index (χ0n) is 16.0. The second-order valence-corrected chi connectivity index (χ2v) is 6.58. The fourth-order valence-electron chi connectivity index (χ4n) is 2.99. The Hall–Kier alpha value is -3.82. The number of hydrogen-bond donors (Lipinski definition) is 3. The average molecular weight is 392 g/mol. The van der Waals surface area contributed by atoms with Gasteiger partial charge in [0.1, 0.15) is 28.3 Å². The Labute approximate surface area is 166 Å². The minimum Gasteiger partial charge on any atom is -0.495 e. The van der Waals surface area contributed by atoms with Gasteiger partial charge in [-0.05, 0) is 25.1 Å². The van der Waals surface area contributed by atoms with Crippen molar-refractivity contribution in [2.75, 3.05) is 19.0 Å². The van der Waals surface area contributed by atoms with E-state index < -0.39 is 0 Å². The Morgan fingerprint density at radius 3 is 2.97 bits per heavy atom. The lowest BCUT2D eigenvalue weighted by molar-refractivity contribution is 0.0814. The fraction of sp³-hybridized carbons (Fsp3) is 0.263. The number of nitrogens with zero attached hydrogens (tertiary/aromatic N) is 5. The van der Waals surface area contributed by atoms with Crippen molar-refractivity contribution in [1.82, 2.24) is 19.7 Å². The molecule has 10 heteroatoms. The Morgan fingerprint density at radius 1 is 1.34 bits per heavy atom. The van der Waals surface area contributed by atoms with Crippen molar-refractivity contribution in [3.63, 3.8) is 0 Å². The highest BCUT2D eigenvalue weighted by Crippen LogP contribution is 2.25. The van der Waals surface area contributed by atoms with Gasteiger partial charge in [-0.1, -0.05) is 5.16 Å².